The zero-order chi connectivity index (χ0) is 24.6. The van der Waals surface area contributed by atoms with Crippen LogP contribution in [0.1, 0.15) is 10.4 Å². The Morgan fingerprint density at radius 1 is 0.861 bits per heavy atom. The number of carbonyl (C=O) groups is 1. The third-order valence-electron chi connectivity index (χ3n) is 6.57. The molecular weight excluding hydrogens is 474 g/mol. The van der Waals surface area contributed by atoms with Crippen molar-refractivity contribution < 1.29 is 9.53 Å². The zero-order valence-electron chi connectivity index (χ0n) is 19.4. The van der Waals surface area contributed by atoms with Crippen LogP contribution in [0.3, 0.4) is 0 Å². The maximum Gasteiger partial charge on any atom is 0.255 e. The van der Waals surface area contributed by atoms with Gasteiger partial charge in [-0.2, -0.15) is 0 Å². The van der Waals surface area contributed by atoms with Gasteiger partial charge in [-0.25, -0.2) is 0 Å². The fraction of sp³-hybridized carbons (Fsp3) is 0.138. The van der Waals surface area contributed by atoms with Gasteiger partial charge in [0.25, 0.3) is 11.5 Å². The number of ether oxygens (including phenoxy) is 1. The second-order valence-corrected chi connectivity index (χ2v) is 9.20. The van der Waals surface area contributed by atoms with E-state index in [1.807, 2.05) is 48.5 Å². The van der Waals surface area contributed by atoms with Gasteiger partial charge in [-0.1, -0.05) is 29.8 Å². The van der Waals surface area contributed by atoms with Crippen molar-refractivity contribution in [1.29, 1.82) is 0 Å². The van der Waals surface area contributed by atoms with E-state index in [0.29, 0.717) is 42.6 Å². The van der Waals surface area contributed by atoms with E-state index in [1.165, 1.54) is 0 Å². The van der Waals surface area contributed by atoms with Crippen molar-refractivity contribution in [2.45, 2.75) is 0 Å². The first-order valence-corrected chi connectivity index (χ1v) is 12.1. The van der Waals surface area contributed by atoms with E-state index < -0.39 is 0 Å². The Morgan fingerprint density at radius 2 is 1.58 bits per heavy atom. The molecule has 36 heavy (non-hydrogen) atoms. The van der Waals surface area contributed by atoms with Crippen molar-refractivity contribution in [3.63, 3.8) is 0 Å². The van der Waals surface area contributed by atoms with Crippen molar-refractivity contribution in [3.8, 4) is 16.8 Å². The van der Waals surface area contributed by atoms with E-state index in [2.05, 4.69) is 11.1 Å². The molecule has 3 heterocycles. The van der Waals surface area contributed by atoms with Gasteiger partial charge in [0, 0.05) is 52.4 Å². The van der Waals surface area contributed by atoms with Gasteiger partial charge in [-0.05, 0) is 65.7 Å². The number of aromatic nitrogens is 2. The Labute approximate surface area is 212 Å². The van der Waals surface area contributed by atoms with E-state index >= 15 is 0 Å². The Bertz CT molecular complexity index is 1650. The topological polar surface area (TPSA) is 64.4 Å². The van der Waals surface area contributed by atoms with Gasteiger partial charge in [-0.15, -0.1) is 0 Å². The molecule has 5 aromatic rings. The number of benzene rings is 3. The summed E-state index contributed by atoms with van der Waals surface area (Å²) in [6.45, 7) is 2.26. The number of amides is 1. The highest BCUT2D eigenvalue weighted by Crippen LogP contribution is 2.30. The molecule has 0 radical (unpaired) electrons. The molecule has 0 N–H and O–H groups in total. The first-order chi connectivity index (χ1) is 17.6. The number of morpholine rings is 1. The number of hydrogen-bond acceptors (Lipinski definition) is 4. The molecule has 0 atom stereocenters. The predicted octanol–water partition coefficient (Wildman–Crippen LogP) is 5.33. The highest BCUT2D eigenvalue weighted by Gasteiger charge is 2.19. The van der Waals surface area contributed by atoms with Gasteiger partial charge in [0.2, 0.25) is 0 Å². The molecule has 3 aromatic carbocycles. The lowest BCUT2D eigenvalue weighted by Gasteiger charge is -2.26. The van der Waals surface area contributed by atoms with E-state index in [0.717, 1.165) is 32.9 Å². The fourth-order valence-corrected chi connectivity index (χ4v) is 4.82. The molecule has 178 valence electrons. The molecule has 0 aliphatic carbocycles. The van der Waals surface area contributed by atoms with Gasteiger partial charge in [0.1, 0.15) is 0 Å². The summed E-state index contributed by atoms with van der Waals surface area (Å²) >= 11 is 6.08. The molecule has 6 nitrogen and oxygen atoms in total. The van der Waals surface area contributed by atoms with E-state index in [4.69, 9.17) is 16.3 Å². The molecule has 0 unspecified atom stereocenters. The quantitative estimate of drug-likeness (QED) is 0.317. The first-order valence-electron chi connectivity index (χ1n) is 11.8. The van der Waals surface area contributed by atoms with Gasteiger partial charge < -0.3 is 9.64 Å². The SMILES string of the molecule is O=C(c1ccc(-n2c(=O)ccc3cnc4ccc(-c5ccc(Cl)cc5)cc4c32)cc1)N1CCOCC1. The first kappa shape index (κ1) is 22.5. The van der Waals surface area contributed by atoms with Crippen LogP contribution in [0.4, 0.5) is 0 Å². The number of nitrogens with zero attached hydrogens (tertiary/aromatic N) is 3. The molecule has 1 aliphatic heterocycles. The summed E-state index contributed by atoms with van der Waals surface area (Å²) in [6, 6.07) is 24.2. The molecule has 0 saturated carbocycles. The minimum Gasteiger partial charge on any atom is -0.378 e. The van der Waals surface area contributed by atoms with Gasteiger partial charge in [0.15, 0.2) is 0 Å². The molecule has 0 spiro atoms. The highest BCUT2D eigenvalue weighted by atomic mass is 35.5. The third-order valence-corrected chi connectivity index (χ3v) is 6.82. The molecule has 0 bridgehead atoms. The summed E-state index contributed by atoms with van der Waals surface area (Å²) in [7, 11) is 0. The molecular formula is C29H22ClN3O3. The van der Waals surface area contributed by atoms with Gasteiger partial charge in [0.05, 0.1) is 24.2 Å². The van der Waals surface area contributed by atoms with Crippen molar-refractivity contribution in [3.05, 3.63) is 106 Å². The lowest BCUT2D eigenvalue weighted by Crippen LogP contribution is -2.40. The van der Waals surface area contributed by atoms with Crippen LogP contribution in [-0.2, 0) is 4.74 Å². The maximum absolute atomic E-state index is 13.2. The Morgan fingerprint density at radius 3 is 2.33 bits per heavy atom. The van der Waals surface area contributed by atoms with Crippen LogP contribution in [0.25, 0.3) is 38.6 Å². The smallest absolute Gasteiger partial charge is 0.255 e. The minimum absolute atomic E-state index is 0.0302. The van der Waals surface area contributed by atoms with E-state index in [-0.39, 0.29) is 11.5 Å². The Hall–Kier alpha value is -4.00. The Balaban J connectivity index is 1.49. The van der Waals surface area contributed by atoms with Crippen molar-refractivity contribution in [2.75, 3.05) is 26.3 Å². The molecule has 1 amide bonds. The van der Waals surface area contributed by atoms with E-state index in [9.17, 15) is 9.59 Å². The second-order valence-electron chi connectivity index (χ2n) is 8.76. The summed E-state index contributed by atoms with van der Waals surface area (Å²) in [5, 5.41) is 2.39. The van der Waals surface area contributed by atoms with Crippen LogP contribution in [-0.4, -0.2) is 46.7 Å². The van der Waals surface area contributed by atoms with Crippen LogP contribution in [0.2, 0.25) is 5.02 Å². The van der Waals surface area contributed by atoms with Gasteiger partial charge >= 0.3 is 0 Å². The summed E-state index contributed by atoms with van der Waals surface area (Å²) in [6.07, 6.45) is 1.78. The fourth-order valence-electron chi connectivity index (χ4n) is 4.69. The van der Waals surface area contributed by atoms with Crippen molar-refractivity contribution in [2.24, 2.45) is 0 Å². The monoisotopic (exact) mass is 495 g/mol. The molecule has 1 saturated heterocycles. The normalized spacial score (nSPS) is 13.9. The molecule has 2 aromatic heterocycles. The largest absolute Gasteiger partial charge is 0.378 e. The standard InChI is InChI=1S/C29H22ClN3O3/c30-23-7-1-19(2-8-23)21-5-11-26-25(17-21)28-22(18-31-26)6-12-27(34)33(28)24-9-3-20(4-10-24)29(35)32-13-15-36-16-14-32/h1-12,17-18H,13-16H2. The number of pyridine rings is 2. The number of fused-ring (bicyclic) bond motifs is 3. The third kappa shape index (κ3) is 4.04. The van der Waals surface area contributed by atoms with Crippen molar-refractivity contribution in [1.82, 2.24) is 14.5 Å². The van der Waals surface area contributed by atoms with Crippen molar-refractivity contribution >= 4 is 39.3 Å². The molecule has 7 heteroatoms. The predicted molar refractivity (Wildman–Crippen MR) is 142 cm³/mol. The summed E-state index contributed by atoms with van der Waals surface area (Å²) < 4.78 is 7.04. The molecule has 1 aliphatic rings. The Kier molecular flexibility index (Phi) is 5.76. The number of halogens is 1. The number of rotatable bonds is 3. The number of hydrogen-bond donors (Lipinski definition) is 0. The number of carbonyl (C=O) groups excluding carboxylic acids is 1. The average Bonchev–Trinajstić information content (AvgIpc) is 2.93. The van der Waals surface area contributed by atoms with E-state index in [1.54, 1.807) is 39.9 Å². The zero-order valence-corrected chi connectivity index (χ0v) is 20.1. The summed E-state index contributed by atoms with van der Waals surface area (Å²) in [4.78, 5) is 32.5. The second kappa shape index (κ2) is 9.22. The summed E-state index contributed by atoms with van der Waals surface area (Å²) in [5.74, 6) is -0.0302. The lowest BCUT2D eigenvalue weighted by atomic mass is 10.0. The van der Waals surface area contributed by atoms with Crippen LogP contribution in [0.5, 0.6) is 0 Å². The maximum atomic E-state index is 13.2. The van der Waals surface area contributed by atoms with Crippen LogP contribution < -0.4 is 5.56 Å². The highest BCUT2D eigenvalue weighted by molar-refractivity contribution is 6.30. The van der Waals surface area contributed by atoms with Crippen LogP contribution in [0.15, 0.2) is 89.9 Å². The minimum atomic E-state index is -0.154. The summed E-state index contributed by atoms with van der Waals surface area (Å²) in [5.41, 5.74) is 4.71. The van der Waals surface area contributed by atoms with Crippen LogP contribution in [0, 0.1) is 0 Å². The average molecular weight is 496 g/mol. The van der Waals surface area contributed by atoms with Gasteiger partial charge in [-0.3, -0.25) is 19.1 Å². The molecule has 6 rings (SSSR count). The lowest BCUT2D eigenvalue weighted by molar-refractivity contribution is 0.0303. The molecule has 1 fully saturated rings. The van der Waals surface area contributed by atoms with Crippen LogP contribution >= 0.6 is 11.6 Å².